The zero-order valence-corrected chi connectivity index (χ0v) is 18.4. The number of carbonyl (C=O) groups is 2. The summed E-state index contributed by atoms with van der Waals surface area (Å²) >= 11 is 0. The Labute approximate surface area is 187 Å². The molecule has 6 nitrogen and oxygen atoms in total. The fourth-order valence-electron chi connectivity index (χ4n) is 4.09. The first kappa shape index (κ1) is 21.4. The van der Waals surface area contributed by atoms with Crippen molar-refractivity contribution in [1.29, 1.82) is 0 Å². The fraction of sp³-hybridized carbons (Fsp3) is 0.231. The van der Waals surface area contributed by atoms with Crippen LogP contribution in [-0.4, -0.2) is 30.9 Å². The number of nitrogens with zero attached hydrogens (tertiary/aromatic N) is 1. The third kappa shape index (κ3) is 4.17. The molecule has 1 N–H and O–H groups in total. The van der Waals surface area contributed by atoms with Gasteiger partial charge in [0, 0.05) is 17.8 Å². The lowest BCUT2D eigenvalue weighted by molar-refractivity contribution is -0.117. The molecule has 3 aromatic carbocycles. The van der Waals surface area contributed by atoms with E-state index in [9.17, 15) is 9.59 Å². The maximum atomic E-state index is 13.2. The minimum absolute atomic E-state index is 0.0796. The van der Waals surface area contributed by atoms with E-state index in [0.29, 0.717) is 23.6 Å². The van der Waals surface area contributed by atoms with Crippen molar-refractivity contribution in [3.8, 4) is 11.5 Å². The highest BCUT2D eigenvalue weighted by Crippen LogP contribution is 2.37. The number of aryl methyl sites for hydroxylation is 1. The van der Waals surface area contributed by atoms with Crippen molar-refractivity contribution in [2.24, 2.45) is 0 Å². The van der Waals surface area contributed by atoms with E-state index < -0.39 is 6.04 Å². The van der Waals surface area contributed by atoms with Gasteiger partial charge in [0.2, 0.25) is 5.91 Å². The van der Waals surface area contributed by atoms with Crippen molar-refractivity contribution in [2.75, 3.05) is 19.5 Å². The van der Waals surface area contributed by atoms with Gasteiger partial charge in [-0.1, -0.05) is 42.5 Å². The Morgan fingerprint density at radius 2 is 1.72 bits per heavy atom. The summed E-state index contributed by atoms with van der Waals surface area (Å²) < 4.78 is 10.8. The van der Waals surface area contributed by atoms with Gasteiger partial charge in [0.05, 0.1) is 26.7 Å². The summed E-state index contributed by atoms with van der Waals surface area (Å²) in [5, 5.41) is 2.99. The van der Waals surface area contributed by atoms with Crippen LogP contribution in [0.2, 0.25) is 0 Å². The third-order valence-electron chi connectivity index (χ3n) is 5.82. The van der Waals surface area contributed by atoms with Crippen molar-refractivity contribution in [3.05, 3.63) is 89.0 Å². The van der Waals surface area contributed by atoms with E-state index in [4.69, 9.17) is 9.47 Å². The van der Waals surface area contributed by atoms with Crippen molar-refractivity contribution in [2.45, 2.75) is 25.9 Å². The second-order valence-corrected chi connectivity index (χ2v) is 7.79. The van der Waals surface area contributed by atoms with Crippen LogP contribution in [0.3, 0.4) is 0 Å². The average molecular weight is 431 g/mol. The SMILES string of the molecule is COc1ccc(C(CC(=O)Nc2ccccc2C)N2Cc3ccccc3C2=O)cc1OC. The number of methoxy groups -OCH3 is 2. The van der Waals surface area contributed by atoms with E-state index >= 15 is 0 Å². The number of benzene rings is 3. The first-order valence-electron chi connectivity index (χ1n) is 10.5. The Balaban J connectivity index is 1.67. The van der Waals surface area contributed by atoms with Crippen LogP contribution in [0, 0.1) is 6.92 Å². The topological polar surface area (TPSA) is 67.9 Å². The Hall–Kier alpha value is -3.80. The van der Waals surface area contributed by atoms with E-state index in [1.165, 1.54) is 0 Å². The summed E-state index contributed by atoms with van der Waals surface area (Å²) in [7, 11) is 3.14. The van der Waals surface area contributed by atoms with Gasteiger partial charge in [0.1, 0.15) is 0 Å². The van der Waals surface area contributed by atoms with Gasteiger partial charge < -0.3 is 19.7 Å². The third-order valence-corrected chi connectivity index (χ3v) is 5.82. The normalized spacial score (nSPS) is 13.5. The molecule has 0 saturated heterocycles. The number of anilines is 1. The summed E-state index contributed by atoms with van der Waals surface area (Å²) in [6, 6.07) is 20.2. The number of rotatable bonds is 7. The molecule has 2 amide bonds. The highest BCUT2D eigenvalue weighted by Gasteiger charge is 2.34. The summed E-state index contributed by atoms with van der Waals surface area (Å²) in [5.74, 6) is 0.904. The van der Waals surface area contributed by atoms with Gasteiger partial charge in [-0.05, 0) is 47.9 Å². The van der Waals surface area contributed by atoms with Crippen molar-refractivity contribution < 1.29 is 19.1 Å². The van der Waals surface area contributed by atoms with Crippen LogP contribution in [0.4, 0.5) is 5.69 Å². The van der Waals surface area contributed by atoms with Gasteiger partial charge in [0.25, 0.3) is 5.91 Å². The summed E-state index contributed by atoms with van der Waals surface area (Å²) in [4.78, 5) is 28.0. The van der Waals surface area contributed by atoms with E-state index in [0.717, 1.165) is 22.4 Å². The van der Waals surface area contributed by atoms with Gasteiger partial charge in [-0.15, -0.1) is 0 Å². The van der Waals surface area contributed by atoms with Crippen LogP contribution in [0.5, 0.6) is 11.5 Å². The Morgan fingerprint density at radius 3 is 2.44 bits per heavy atom. The summed E-state index contributed by atoms with van der Waals surface area (Å²) in [6.45, 7) is 2.40. The Bertz CT molecular complexity index is 1160. The Kier molecular flexibility index (Phi) is 6.12. The van der Waals surface area contributed by atoms with Gasteiger partial charge in [-0.3, -0.25) is 9.59 Å². The van der Waals surface area contributed by atoms with Crippen LogP contribution >= 0.6 is 0 Å². The zero-order chi connectivity index (χ0) is 22.7. The fourth-order valence-corrected chi connectivity index (χ4v) is 4.09. The second kappa shape index (κ2) is 9.14. The quantitative estimate of drug-likeness (QED) is 0.588. The van der Waals surface area contributed by atoms with Crippen molar-refractivity contribution in [1.82, 2.24) is 4.90 Å². The maximum Gasteiger partial charge on any atom is 0.255 e. The number of hydrogen-bond acceptors (Lipinski definition) is 4. The molecule has 6 heteroatoms. The van der Waals surface area contributed by atoms with Gasteiger partial charge >= 0.3 is 0 Å². The molecule has 0 saturated carbocycles. The monoisotopic (exact) mass is 430 g/mol. The molecule has 1 heterocycles. The minimum atomic E-state index is -0.460. The standard InChI is InChI=1S/C26H26N2O4/c1-17-8-4-7-11-21(17)27-25(29)15-22(18-12-13-23(31-2)24(14-18)32-3)28-16-19-9-5-6-10-20(19)26(28)30/h4-14,22H,15-16H2,1-3H3,(H,27,29). The largest absolute Gasteiger partial charge is 0.493 e. The number of hydrogen-bond donors (Lipinski definition) is 1. The second-order valence-electron chi connectivity index (χ2n) is 7.79. The smallest absolute Gasteiger partial charge is 0.255 e. The zero-order valence-electron chi connectivity index (χ0n) is 18.4. The number of ether oxygens (including phenoxy) is 2. The lowest BCUT2D eigenvalue weighted by Crippen LogP contribution is -2.32. The molecule has 1 aliphatic heterocycles. The molecule has 1 atom stereocenters. The number of fused-ring (bicyclic) bond motifs is 1. The van der Waals surface area contributed by atoms with Crippen LogP contribution in [-0.2, 0) is 11.3 Å². The lowest BCUT2D eigenvalue weighted by Gasteiger charge is -2.28. The lowest BCUT2D eigenvalue weighted by atomic mass is 10.0. The molecule has 4 rings (SSSR count). The molecule has 0 bridgehead atoms. The molecule has 0 radical (unpaired) electrons. The van der Waals surface area contributed by atoms with E-state index in [-0.39, 0.29) is 18.2 Å². The minimum Gasteiger partial charge on any atom is -0.493 e. The Morgan fingerprint density at radius 1 is 1.00 bits per heavy atom. The predicted molar refractivity (Wildman–Crippen MR) is 123 cm³/mol. The van der Waals surface area contributed by atoms with Gasteiger partial charge in [0.15, 0.2) is 11.5 Å². The molecule has 0 fully saturated rings. The molecular formula is C26H26N2O4. The molecule has 0 aromatic heterocycles. The van der Waals surface area contributed by atoms with Crippen LogP contribution < -0.4 is 14.8 Å². The molecule has 0 spiro atoms. The number of nitrogens with one attached hydrogen (secondary N) is 1. The number of para-hydroxylation sites is 1. The molecule has 32 heavy (non-hydrogen) atoms. The van der Waals surface area contributed by atoms with Crippen LogP contribution in [0.25, 0.3) is 0 Å². The van der Waals surface area contributed by atoms with E-state index in [1.54, 1.807) is 25.2 Å². The summed E-state index contributed by atoms with van der Waals surface area (Å²) in [6.07, 6.45) is 0.115. The molecule has 164 valence electrons. The highest BCUT2D eigenvalue weighted by molar-refractivity contribution is 5.99. The summed E-state index contributed by atoms with van der Waals surface area (Å²) in [5.41, 5.74) is 4.19. The molecule has 3 aromatic rings. The van der Waals surface area contributed by atoms with Crippen molar-refractivity contribution in [3.63, 3.8) is 0 Å². The first-order chi connectivity index (χ1) is 15.5. The van der Waals surface area contributed by atoms with E-state index in [1.807, 2.05) is 67.6 Å². The van der Waals surface area contributed by atoms with Crippen LogP contribution in [0.15, 0.2) is 66.7 Å². The first-order valence-corrected chi connectivity index (χ1v) is 10.5. The van der Waals surface area contributed by atoms with E-state index in [2.05, 4.69) is 5.32 Å². The molecule has 1 unspecified atom stereocenters. The van der Waals surface area contributed by atoms with Crippen molar-refractivity contribution >= 4 is 17.5 Å². The van der Waals surface area contributed by atoms with Gasteiger partial charge in [-0.25, -0.2) is 0 Å². The molecular weight excluding hydrogens is 404 g/mol. The van der Waals surface area contributed by atoms with Gasteiger partial charge in [-0.2, -0.15) is 0 Å². The highest BCUT2D eigenvalue weighted by atomic mass is 16.5. The molecule has 0 aliphatic carbocycles. The molecule has 1 aliphatic rings. The predicted octanol–water partition coefficient (Wildman–Crippen LogP) is 4.74. The maximum absolute atomic E-state index is 13.2. The number of carbonyl (C=O) groups excluding carboxylic acids is 2. The number of amides is 2. The average Bonchev–Trinajstić information content (AvgIpc) is 3.15. The van der Waals surface area contributed by atoms with Crippen LogP contribution in [0.1, 0.15) is 39.5 Å².